The molecule has 0 rings (SSSR count). The Balaban J connectivity index is 4.09. The maximum atomic E-state index is 11.8. The first-order valence-corrected chi connectivity index (χ1v) is 7.54. The van der Waals surface area contributed by atoms with Crippen LogP contribution in [0.2, 0.25) is 0 Å². The van der Waals surface area contributed by atoms with Gasteiger partial charge in [-0.1, -0.05) is 0 Å². The maximum Gasteiger partial charge on any atom is 0.323 e. The average Bonchev–Trinajstić information content (AvgIpc) is 2.41. The van der Waals surface area contributed by atoms with E-state index in [1.807, 2.05) is 0 Å². The zero-order valence-corrected chi connectivity index (χ0v) is 13.9. The van der Waals surface area contributed by atoms with Crippen molar-refractivity contribution >= 4 is 23.9 Å². The van der Waals surface area contributed by atoms with Gasteiger partial charge in [0.1, 0.15) is 18.2 Å². The molecule has 138 valence electrons. The Morgan fingerprint density at radius 2 is 1.67 bits per heavy atom. The molecule has 0 radical (unpaired) electrons. The van der Waals surface area contributed by atoms with Gasteiger partial charge in [0, 0.05) is 6.54 Å². The van der Waals surface area contributed by atoms with Gasteiger partial charge in [0.2, 0.25) is 0 Å². The Labute approximate surface area is 140 Å². The van der Waals surface area contributed by atoms with Gasteiger partial charge in [0.25, 0.3) is 0 Å². The Morgan fingerprint density at radius 3 is 2.21 bits per heavy atom. The summed E-state index contributed by atoms with van der Waals surface area (Å²) in [5.74, 6) is -2.39. The number of carbonyl (C=O) groups excluding carboxylic acids is 2. The van der Waals surface area contributed by atoms with E-state index in [4.69, 9.17) is 31.8 Å². The molecule has 0 aliphatic heterocycles. The second kappa shape index (κ2) is 11.2. The van der Waals surface area contributed by atoms with Crippen molar-refractivity contribution in [3.63, 3.8) is 0 Å². The fraction of sp³-hybridized carbons (Fsp3) is 0.714. The largest absolute Gasteiger partial charge is 0.481 e. The lowest BCUT2D eigenvalue weighted by molar-refractivity contribution is -0.158. The number of hydrogen-bond acceptors (Lipinski definition) is 7. The van der Waals surface area contributed by atoms with Crippen molar-refractivity contribution in [1.29, 1.82) is 0 Å². The summed E-state index contributed by atoms with van der Waals surface area (Å²) in [5.41, 5.74) is 16.0. The van der Waals surface area contributed by atoms with Crippen LogP contribution < -0.4 is 17.2 Å². The van der Waals surface area contributed by atoms with Gasteiger partial charge < -0.3 is 31.8 Å². The molecule has 0 aliphatic rings. The van der Waals surface area contributed by atoms with Crippen molar-refractivity contribution in [2.75, 3.05) is 6.54 Å². The zero-order valence-electron chi connectivity index (χ0n) is 13.9. The lowest BCUT2D eigenvalue weighted by atomic mass is 10.1. The molecule has 0 aromatic carbocycles. The van der Waals surface area contributed by atoms with E-state index in [1.54, 1.807) is 0 Å². The van der Waals surface area contributed by atoms with Crippen LogP contribution in [-0.4, -0.2) is 53.8 Å². The summed E-state index contributed by atoms with van der Waals surface area (Å²) in [7, 11) is 0. The lowest BCUT2D eigenvalue weighted by Gasteiger charge is -2.17. The molecule has 3 atom stereocenters. The monoisotopic (exact) mass is 346 g/mol. The topological polar surface area (TPSA) is 180 Å². The van der Waals surface area contributed by atoms with Crippen LogP contribution in [0.5, 0.6) is 0 Å². The van der Waals surface area contributed by atoms with Crippen LogP contribution in [0, 0.1) is 0 Å². The summed E-state index contributed by atoms with van der Waals surface area (Å²) >= 11 is 0. The van der Waals surface area contributed by atoms with Crippen molar-refractivity contribution in [3.8, 4) is 0 Å². The number of carboxylic acid groups (broad SMARTS) is 1. The van der Waals surface area contributed by atoms with Crippen molar-refractivity contribution in [2.24, 2.45) is 22.2 Å². The molecule has 10 heteroatoms. The Hall–Kier alpha value is -2.36. The zero-order chi connectivity index (χ0) is 18.7. The number of carbonyl (C=O) groups is 3. The Kier molecular flexibility index (Phi) is 10.1. The van der Waals surface area contributed by atoms with E-state index in [0.29, 0.717) is 19.4 Å². The van der Waals surface area contributed by atoms with Crippen molar-refractivity contribution in [1.82, 2.24) is 0 Å². The highest BCUT2D eigenvalue weighted by molar-refractivity contribution is 5.77. The summed E-state index contributed by atoms with van der Waals surface area (Å²) in [5, 5.41) is 8.58. The average molecular weight is 346 g/mol. The fourth-order valence-corrected chi connectivity index (χ4v) is 1.76. The van der Waals surface area contributed by atoms with E-state index < -0.39 is 36.2 Å². The first-order chi connectivity index (χ1) is 11.1. The third-order valence-corrected chi connectivity index (χ3v) is 2.84. The normalized spacial score (nSPS) is 14.1. The minimum absolute atomic E-state index is 0.0320. The smallest absolute Gasteiger partial charge is 0.323 e. The molecule has 0 unspecified atom stereocenters. The number of nitrogens with two attached hydrogens (primary N) is 3. The molecule has 0 saturated heterocycles. The minimum atomic E-state index is -1.07. The molecule has 24 heavy (non-hydrogen) atoms. The first-order valence-electron chi connectivity index (χ1n) is 7.54. The van der Waals surface area contributed by atoms with Gasteiger partial charge in [-0.05, 0) is 26.7 Å². The van der Waals surface area contributed by atoms with E-state index in [9.17, 15) is 14.4 Å². The molecule has 0 fully saturated rings. The molecule has 7 N–H and O–H groups in total. The van der Waals surface area contributed by atoms with Crippen LogP contribution in [0.15, 0.2) is 4.99 Å². The number of guanidine groups is 1. The fourth-order valence-electron chi connectivity index (χ4n) is 1.76. The van der Waals surface area contributed by atoms with Crippen LogP contribution in [0.25, 0.3) is 0 Å². The van der Waals surface area contributed by atoms with Gasteiger partial charge in [-0.3, -0.25) is 19.4 Å². The van der Waals surface area contributed by atoms with Crippen LogP contribution in [0.3, 0.4) is 0 Å². The second-order valence-corrected chi connectivity index (χ2v) is 5.41. The van der Waals surface area contributed by atoms with Gasteiger partial charge in [-0.25, -0.2) is 0 Å². The van der Waals surface area contributed by atoms with E-state index >= 15 is 0 Å². The van der Waals surface area contributed by atoms with E-state index in [1.165, 1.54) is 13.8 Å². The highest BCUT2D eigenvalue weighted by Gasteiger charge is 2.21. The van der Waals surface area contributed by atoms with Gasteiger partial charge >= 0.3 is 17.9 Å². The Morgan fingerprint density at radius 1 is 1.08 bits per heavy atom. The minimum Gasteiger partial charge on any atom is -0.481 e. The number of rotatable bonds is 11. The van der Waals surface area contributed by atoms with Gasteiger partial charge in [-0.2, -0.15) is 0 Å². The predicted octanol–water partition coefficient (Wildman–Crippen LogP) is -0.904. The molecule has 0 aliphatic carbocycles. The summed E-state index contributed by atoms with van der Waals surface area (Å²) in [6.45, 7) is 3.34. The van der Waals surface area contributed by atoms with Gasteiger partial charge in [0.15, 0.2) is 5.96 Å². The molecule has 0 bridgehead atoms. The predicted molar refractivity (Wildman–Crippen MR) is 85.9 cm³/mol. The summed E-state index contributed by atoms with van der Waals surface area (Å²) in [6.07, 6.45) is -1.11. The molecule has 0 aromatic rings. The standard InChI is InChI=1S/C14H26N4O6/c1-8(6-11(19)20)23-12(21)7-9(2)24-13(22)10(15)4-3-5-18-14(16)17/h8-10H,3-7,15H2,1-2H3,(H,19,20)(H4,16,17,18)/t8-,9-,10+/m1/s1. The van der Waals surface area contributed by atoms with Crippen LogP contribution in [0.1, 0.15) is 39.5 Å². The van der Waals surface area contributed by atoms with E-state index in [2.05, 4.69) is 4.99 Å². The number of aliphatic imine (C=N–C) groups is 1. The molecular formula is C14H26N4O6. The number of esters is 2. The van der Waals surface area contributed by atoms with Crippen LogP contribution >= 0.6 is 0 Å². The summed E-state index contributed by atoms with van der Waals surface area (Å²) in [6, 6.07) is -0.844. The van der Waals surface area contributed by atoms with Gasteiger partial charge in [-0.15, -0.1) is 0 Å². The highest BCUT2D eigenvalue weighted by Crippen LogP contribution is 2.07. The molecule has 0 saturated carbocycles. The number of hydrogen-bond donors (Lipinski definition) is 4. The van der Waals surface area contributed by atoms with Crippen molar-refractivity contribution in [2.45, 2.75) is 57.8 Å². The van der Waals surface area contributed by atoms with E-state index in [0.717, 1.165) is 0 Å². The van der Waals surface area contributed by atoms with Gasteiger partial charge in [0.05, 0.1) is 12.8 Å². The SMILES string of the molecule is C[C@H](CC(=O)O)OC(=O)C[C@@H](C)OC(=O)[C@@H](N)CCCN=C(N)N. The number of ether oxygens (including phenoxy) is 2. The lowest BCUT2D eigenvalue weighted by Crippen LogP contribution is -2.35. The molecule has 0 amide bonds. The molecule has 10 nitrogen and oxygen atoms in total. The maximum absolute atomic E-state index is 11.8. The quantitative estimate of drug-likeness (QED) is 0.159. The van der Waals surface area contributed by atoms with Crippen molar-refractivity contribution < 1.29 is 29.0 Å². The summed E-state index contributed by atoms with van der Waals surface area (Å²) in [4.78, 5) is 37.6. The Bertz CT molecular complexity index is 464. The van der Waals surface area contributed by atoms with E-state index in [-0.39, 0.29) is 18.8 Å². The third kappa shape index (κ3) is 11.2. The van der Waals surface area contributed by atoms with Crippen molar-refractivity contribution in [3.05, 3.63) is 0 Å². The molecular weight excluding hydrogens is 320 g/mol. The highest BCUT2D eigenvalue weighted by atomic mass is 16.6. The van der Waals surface area contributed by atoms with Crippen LogP contribution in [0.4, 0.5) is 0 Å². The first kappa shape index (κ1) is 21.6. The molecule has 0 aromatic heterocycles. The molecule has 0 spiro atoms. The number of carboxylic acids is 1. The third-order valence-electron chi connectivity index (χ3n) is 2.84. The van der Waals surface area contributed by atoms with Crippen LogP contribution in [-0.2, 0) is 23.9 Å². The summed E-state index contributed by atoms with van der Waals surface area (Å²) < 4.78 is 9.95. The number of nitrogens with zero attached hydrogens (tertiary/aromatic N) is 1. The second-order valence-electron chi connectivity index (χ2n) is 5.41. The number of aliphatic carboxylic acids is 1. The molecule has 0 heterocycles.